The molecule has 1 aliphatic rings. The van der Waals surface area contributed by atoms with Crippen LogP contribution in [0.5, 0.6) is 0 Å². The molecule has 4 N–H and O–H groups in total. The Morgan fingerprint density at radius 1 is 1.39 bits per heavy atom. The zero-order valence-electron chi connectivity index (χ0n) is 9.74. The van der Waals surface area contributed by atoms with Gasteiger partial charge in [0.2, 0.25) is 11.6 Å². The third-order valence-corrected chi connectivity index (χ3v) is 3.07. The molecule has 1 aliphatic carbocycles. The lowest BCUT2D eigenvalue weighted by atomic mass is 9.93. The average Bonchev–Trinajstić information content (AvgIpc) is 2.32. The number of hydrogen-bond acceptors (Lipinski definition) is 7. The number of aliphatic hydroxyl groups is 1. The molecule has 1 aromatic heterocycles. The zero-order valence-corrected chi connectivity index (χ0v) is 9.74. The van der Waals surface area contributed by atoms with Crippen molar-refractivity contribution in [2.45, 2.75) is 37.8 Å². The van der Waals surface area contributed by atoms with Crippen LogP contribution in [0.15, 0.2) is 6.33 Å². The average molecular weight is 253 g/mol. The molecule has 1 heterocycles. The zero-order chi connectivity index (χ0) is 13.1. The van der Waals surface area contributed by atoms with Crippen LogP contribution in [0, 0.1) is 10.1 Å². The lowest BCUT2D eigenvalue weighted by Gasteiger charge is -2.26. The van der Waals surface area contributed by atoms with Crippen LogP contribution >= 0.6 is 0 Å². The van der Waals surface area contributed by atoms with Crippen LogP contribution in [-0.4, -0.2) is 32.1 Å². The van der Waals surface area contributed by atoms with Gasteiger partial charge in [-0.1, -0.05) is 0 Å². The molecule has 8 heteroatoms. The van der Waals surface area contributed by atoms with Gasteiger partial charge in [-0.2, -0.15) is 0 Å². The highest BCUT2D eigenvalue weighted by Crippen LogP contribution is 2.29. The molecular weight excluding hydrogens is 238 g/mol. The van der Waals surface area contributed by atoms with Gasteiger partial charge in [-0.15, -0.1) is 0 Å². The van der Waals surface area contributed by atoms with Crippen molar-refractivity contribution in [2.24, 2.45) is 0 Å². The Morgan fingerprint density at radius 3 is 2.67 bits per heavy atom. The standard InChI is InChI=1S/C10H15N5O3/c11-9-8(15(17)18)10(13-5-12-9)14-6-1-3-7(16)4-2-6/h5-7,16H,1-4H2,(H3,11,12,13,14). The number of aliphatic hydroxyl groups excluding tert-OH is 1. The van der Waals surface area contributed by atoms with Gasteiger partial charge in [-0.3, -0.25) is 10.1 Å². The third-order valence-electron chi connectivity index (χ3n) is 3.07. The molecule has 2 rings (SSSR count). The minimum absolute atomic E-state index is 0.0707. The molecule has 0 amide bonds. The molecular formula is C10H15N5O3. The number of aromatic nitrogens is 2. The summed E-state index contributed by atoms with van der Waals surface area (Å²) in [5.74, 6) is 0.00207. The lowest BCUT2D eigenvalue weighted by molar-refractivity contribution is -0.383. The maximum atomic E-state index is 10.9. The van der Waals surface area contributed by atoms with Crippen molar-refractivity contribution in [1.82, 2.24) is 9.97 Å². The van der Waals surface area contributed by atoms with Crippen LogP contribution in [0.4, 0.5) is 17.3 Å². The molecule has 0 radical (unpaired) electrons. The van der Waals surface area contributed by atoms with E-state index in [9.17, 15) is 15.2 Å². The van der Waals surface area contributed by atoms with Crippen LogP contribution in [0.2, 0.25) is 0 Å². The Morgan fingerprint density at radius 2 is 2.06 bits per heavy atom. The van der Waals surface area contributed by atoms with E-state index in [-0.39, 0.29) is 29.5 Å². The number of nitro groups is 1. The fourth-order valence-electron chi connectivity index (χ4n) is 2.09. The molecule has 1 fully saturated rings. The SMILES string of the molecule is Nc1ncnc(NC2CCC(O)CC2)c1[N+](=O)[O-]. The topological polar surface area (TPSA) is 127 Å². The van der Waals surface area contributed by atoms with Gasteiger partial charge >= 0.3 is 5.69 Å². The lowest BCUT2D eigenvalue weighted by Crippen LogP contribution is -2.29. The van der Waals surface area contributed by atoms with E-state index in [1.807, 2.05) is 0 Å². The van der Waals surface area contributed by atoms with E-state index in [2.05, 4.69) is 15.3 Å². The molecule has 0 unspecified atom stereocenters. The van der Waals surface area contributed by atoms with Gasteiger partial charge in [0.15, 0.2) is 0 Å². The fraction of sp³-hybridized carbons (Fsp3) is 0.600. The summed E-state index contributed by atoms with van der Waals surface area (Å²) in [5, 5.41) is 23.3. The molecule has 18 heavy (non-hydrogen) atoms. The normalized spacial score (nSPS) is 23.6. The summed E-state index contributed by atoms with van der Waals surface area (Å²) >= 11 is 0. The number of anilines is 2. The first-order chi connectivity index (χ1) is 8.58. The van der Waals surface area contributed by atoms with Gasteiger partial charge in [-0.05, 0) is 25.7 Å². The first-order valence-electron chi connectivity index (χ1n) is 5.77. The maximum absolute atomic E-state index is 10.9. The number of nitrogen functional groups attached to an aromatic ring is 1. The highest BCUT2D eigenvalue weighted by atomic mass is 16.6. The Kier molecular flexibility index (Phi) is 3.56. The van der Waals surface area contributed by atoms with Crippen LogP contribution in [0.1, 0.15) is 25.7 Å². The minimum Gasteiger partial charge on any atom is -0.393 e. The molecule has 1 aromatic rings. The Bertz CT molecular complexity index is 445. The van der Waals surface area contributed by atoms with E-state index in [1.54, 1.807) is 0 Å². The molecule has 8 nitrogen and oxygen atoms in total. The molecule has 98 valence electrons. The minimum atomic E-state index is -0.588. The van der Waals surface area contributed by atoms with Crippen molar-refractivity contribution < 1.29 is 10.0 Å². The van der Waals surface area contributed by atoms with Crippen LogP contribution in [0.3, 0.4) is 0 Å². The van der Waals surface area contributed by atoms with Gasteiger partial charge in [0.05, 0.1) is 11.0 Å². The second-order valence-corrected chi connectivity index (χ2v) is 4.36. The van der Waals surface area contributed by atoms with Crippen molar-refractivity contribution in [3.8, 4) is 0 Å². The van der Waals surface area contributed by atoms with E-state index < -0.39 is 4.92 Å². The second-order valence-electron chi connectivity index (χ2n) is 4.36. The summed E-state index contributed by atoms with van der Waals surface area (Å²) in [5.41, 5.74) is 5.19. The molecule has 0 spiro atoms. The van der Waals surface area contributed by atoms with Crippen LogP contribution in [0.25, 0.3) is 0 Å². The van der Waals surface area contributed by atoms with Crippen LogP contribution in [-0.2, 0) is 0 Å². The van der Waals surface area contributed by atoms with E-state index in [1.165, 1.54) is 6.33 Å². The quantitative estimate of drug-likeness (QED) is 0.533. The van der Waals surface area contributed by atoms with Crippen molar-refractivity contribution in [1.29, 1.82) is 0 Å². The summed E-state index contributed by atoms with van der Waals surface area (Å²) in [7, 11) is 0. The first-order valence-corrected chi connectivity index (χ1v) is 5.77. The molecule has 0 aliphatic heterocycles. The van der Waals surface area contributed by atoms with Gasteiger partial charge < -0.3 is 16.2 Å². The Hall–Kier alpha value is -1.96. The summed E-state index contributed by atoms with van der Waals surface area (Å²) < 4.78 is 0. The molecule has 0 aromatic carbocycles. The highest BCUT2D eigenvalue weighted by molar-refractivity contribution is 5.67. The summed E-state index contributed by atoms with van der Waals surface area (Å²) in [6.07, 6.45) is 3.80. The summed E-state index contributed by atoms with van der Waals surface area (Å²) in [4.78, 5) is 17.8. The van der Waals surface area contributed by atoms with Crippen LogP contribution < -0.4 is 11.1 Å². The smallest absolute Gasteiger partial charge is 0.352 e. The summed E-state index contributed by atoms with van der Waals surface area (Å²) in [6.45, 7) is 0. The van der Waals surface area contributed by atoms with Gasteiger partial charge in [0.25, 0.3) is 0 Å². The van der Waals surface area contributed by atoms with E-state index in [0.29, 0.717) is 12.8 Å². The van der Waals surface area contributed by atoms with Crippen molar-refractivity contribution in [3.63, 3.8) is 0 Å². The van der Waals surface area contributed by atoms with Gasteiger partial charge in [-0.25, -0.2) is 9.97 Å². The number of nitrogens with one attached hydrogen (secondary N) is 1. The number of hydrogen-bond donors (Lipinski definition) is 3. The van der Waals surface area contributed by atoms with Crippen molar-refractivity contribution in [2.75, 3.05) is 11.1 Å². The summed E-state index contributed by atoms with van der Waals surface area (Å²) in [6, 6.07) is 0.0707. The van der Waals surface area contributed by atoms with E-state index in [0.717, 1.165) is 12.8 Å². The largest absolute Gasteiger partial charge is 0.393 e. The van der Waals surface area contributed by atoms with Crippen molar-refractivity contribution in [3.05, 3.63) is 16.4 Å². The molecule has 0 saturated heterocycles. The maximum Gasteiger partial charge on any atom is 0.352 e. The predicted molar refractivity (Wildman–Crippen MR) is 65.0 cm³/mol. The molecule has 0 bridgehead atoms. The first kappa shape index (κ1) is 12.5. The number of nitrogens with zero attached hydrogens (tertiary/aromatic N) is 3. The van der Waals surface area contributed by atoms with E-state index in [4.69, 9.17) is 5.73 Å². The van der Waals surface area contributed by atoms with Gasteiger partial charge in [0, 0.05) is 6.04 Å². The molecule has 1 saturated carbocycles. The third kappa shape index (κ3) is 2.65. The predicted octanol–water partition coefficient (Wildman–Crippen LogP) is 0.682. The molecule has 0 atom stereocenters. The number of nitrogens with two attached hydrogens (primary N) is 1. The Labute approximate surface area is 103 Å². The number of rotatable bonds is 3. The highest BCUT2D eigenvalue weighted by Gasteiger charge is 2.25. The van der Waals surface area contributed by atoms with Crippen molar-refractivity contribution >= 4 is 17.3 Å². The van der Waals surface area contributed by atoms with Gasteiger partial charge in [0.1, 0.15) is 6.33 Å². The second kappa shape index (κ2) is 5.13. The fourth-order valence-corrected chi connectivity index (χ4v) is 2.09. The van der Waals surface area contributed by atoms with E-state index >= 15 is 0 Å². The monoisotopic (exact) mass is 253 g/mol. The Balaban J connectivity index is 2.14.